The standard InChI is InChI=1S/C22H25N3O/c1-23-11-10-19-17-20(7-8-21(19)23)22(26)25-15-13-24(14-16-25)12-9-18-5-3-2-4-6-18/h2-8,10-11,17H,9,12-16H2,1H3. The molecule has 0 spiro atoms. The number of carbonyl (C=O) groups excluding carboxylic acids is 1. The number of rotatable bonds is 4. The monoisotopic (exact) mass is 347 g/mol. The van der Waals surface area contributed by atoms with E-state index in [1.54, 1.807) is 0 Å². The fourth-order valence-electron chi connectivity index (χ4n) is 3.70. The van der Waals surface area contributed by atoms with Crippen LogP contribution < -0.4 is 0 Å². The number of hydrogen-bond acceptors (Lipinski definition) is 2. The maximum atomic E-state index is 12.8. The molecule has 134 valence electrons. The van der Waals surface area contributed by atoms with Crippen molar-refractivity contribution in [3.05, 3.63) is 71.9 Å². The fraction of sp³-hybridized carbons (Fsp3) is 0.318. The third-order valence-electron chi connectivity index (χ3n) is 5.35. The molecule has 1 amide bonds. The lowest BCUT2D eigenvalue weighted by atomic mass is 10.1. The van der Waals surface area contributed by atoms with Crippen molar-refractivity contribution in [1.29, 1.82) is 0 Å². The zero-order valence-electron chi connectivity index (χ0n) is 15.3. The SMILES string of the molecule is Cn1ccc2cc(C(=O)N3CCN(CCc4ccccc4)CC3)ccc21. The van der Waals surface area contributed by atoms with E-state index in [-0.39, 0.29) is 5.91 Å². The molecule has 1 aromatic heterocycles. The Morgan fingerprint density at radius 3 is 2.50 bits per heavy atom. The lowest BCUT2D eigenvalue weighted by Crippen LogP contribution is -2.49. The summed E-state index contributed by atoms with van der Waals surface area (Å²) in [4.78, 5) is 17.3. The Morgan fingerprint density at radius 2 is 1.73 bits per heavy atom. The van der Waals surface area contributed by atoms with E-state index in [0.717, 1.165) is 55.6 Å². The van der Waals surface area contributed by atoms with Gasteiger partial charge in [-0.05, 0) is 36.2 Å². The first-order valence-electron chi connectivity index (χ1n) is 9.31. The highest BCUT2D eigenvalue weighted by Gasteiger charge is 2.22. The lowest BCUT2D eigenvalue weighted by Gasteiger charge is -2.34. The van der Waals surface area contributed by atoms with E-state index in [0.29, 0.717) is 0 Å². The number of fused-ring (bicyclic) bond motifs is 1. The van der Waals surface area contributed by atoms with Crippen molar-refractivity contribution < 1.29 is 4.79 Å². The van der Waals surface area contributed by atoms with Crippen LogP contribution in [0.25, 0.3) is 10.9 Å². The highest BCUT2D eigenvalue weighted by molar-refractivity contribution is 5.98. The summed E-state index contributed by atoms with van der Waals surface area (Å²) in [6, 6.07) is 18.7. The first-order chi connectivity index (χ1) is 12.7. The van der Waals surface area contributed by atoms with Gasteiger partial charge in [0.05, 0.1) is 0 Å². The van der Waals surface area contributed by atoms with Crippen molar-refractivity contribution in [2.24, 2.45) is 7.05 Å². The predicted molar refractivity (Wildman–Crippen MR) is 105 cm³/mol. The molecule has 1 fully saturated rings. The average molecular weight is 347 g/mol. The summed E-state index contributed by atoms with van der Waals surface area (Å²) in [6.45, 7) is 4.57. The maximum absolute atomic E-state index is 12.8. The van der Waals surface area contributed by atoms with E-state index in [9.17, 15) is 4.79 Å². The fourth-order valence-corrected chi connectivity index (χ4v) is 3.70. The molecular weight excluding hydrogens is 322 g/mol. The molecule has 1 saturated heterocycles. The molecule has 0 aliphatic carbocycles. The van der Waals surface area contributed by atoms with E-state index >= 15 is 0 Å². The smallest absolute Gasteiger partial charge is 0.253 e. The van der Waals surface area contributed by atoms with Crippen molar-refractivity contribution in [2.75, 3.05) is 32.7 Å². The molecule has 1 aliphatic heterocycles. The molecule has 0 radical (unpaired) electrons. The van der Waals surface area contributed by atoms with Gasteiger partial charge in [-0.15, -0.1) is 0 Å². The molecule has 26 heavy (non-hydrogen) atoms. The van der Waals surface area contributed by atoms with Crippen LogP contribution in [-0.2, 0) is 13.5 Å². The number of hydrogen-bond donors (Lipinski definition) is 0. The molecule has 3 aromatic rings. The normalized spacial score (nSPS) is 15.5. The number of aromatic nitrogens is 1. The number of benzene rings is 2. The minimum atomic E-state index is 0.151. The van der Waals surface area contributed by atoms with Crippen LogP contribution in [-0.4, -0.2) is 53.0 Å². The van der Waals surface area contributed by atoms with Crippen LogP contribution >= 0.6 is 0 Å². The van der Waals surface area contributed by atoms with Gasteiger partial charge in [0.2, 0.25) is 0 Å². The second-order valence-corrected chi connectivity index (χ2v) is 7.07. The number of amides is 1. The second-order valence-electron chi connectivity index (χ2n) is 7.07. The minimum Gasteiger partial charge on any atom is -0.351 e. The van der Waals surface area contributed by atoms with Gasteiger partial charge in [-0.3, -0.25) is 9.69 Å². The Balaban J connectivity index is 1.34. The van der Waals surface area contributed by atoms with Gasteiger partial charge in [0.25, 0.3) is 5.91 Å². The summed E-state index contributed by atoms with van der Waals surface area (Å²) in [5.74, 6) is 0.151. The van der Waals surface area contributed by atoms with Crippen LogP contribution in [0.1, 0.15) is 15.9 Å². The van der Waals surface area contributed by atoms with Gasteiger partial charge >= 0.3 is 0 Å². The Hall–Kier alpha value is -2.59. The topological polar surface area (TPSA) is 28.5 Å². The van der Waals surface area contributed by atoms with Crippen molar-refractivity contribution >= 4 is 16.8 Å². The van der Waals surface area contributed by atoms with E-state index in [2.05, 4.69) is 45.9 Å². The molecule has 0 saturated carbocycles. The van der Waals surface area contributed by atoms with E-state index < -0.39 is 0 Å². The summed E-state index contributed by atoms with van der Waals surface area (Å²) in [5, 5.41) is 1.12. The molecule has 4 nitrogen and oxygen atoms in total. The van der Waals surface area contributed by atoms with Crippen molar-refractivity contribution in [2.45, 2.75) is 6.42 Å². The zero-order valence-corrected chi connectivity index (χ0v) is 15.3. The largest absolute Gasteiger partial charge is 0.351 e. The van der Waals surface area contributed by atoms with Gasteiger partial charge < -0.3 is 9.47 Å². The Kier molecular flexibility index (Phi) is 4.76. The maximum Gasteiger partial charge on any atom is 0.253 e. The molecular formula is C22H25N3O. The van der Waals surface area contributed by atoms with Gasteiger partial charge in [0.1, 0.15) is 0 Å². The van der Waals surface area contributed by atoms with Crippen LogP contribution in [0.3, 0.4) is 0 Å². The van der Waals surface area contributed by atoms with Gasteiger partial charge in [0.15, 0.2) is 0 Å². The van der Waals surface area contributed by atoms with Gasteiger partial charge in [-0.2, -0.15) is 0 Å². The van der Waals surface area contributed by atoms with E-state index in [1.165, 1.54) is 5.56 Å². The molecule has 1 aliphatic rings. The van der Waals surface area contributed by atoms with Crippen LogP contribution in [0.4, 0.5) is 0 Å². The van der Waals surface area contributed by atoms with Crippen LogP contribution in [0, 0.1) is 0 Å². The highest BCUT2D eigenvalue weighted by Crippen LogP contribution is 2.18. The number of nitrogens with zero attached hydrogens (tertiary/aromatic N) is 3. The Labute approximate surface area is 154 Å². The van der Waals surface area contributed by atoms with Crippen LogP contribution in [0.15, 0.2) is 60.8 Å². The quantitative estimate of drug-likeness (QED) is 0.725. The molecule has 0 unspecified atom stereocenters. The van der Waals surface area contributed by atoms with Gasteiger partial charge in [-0.25, -0.2) is 0 Å². The highest BCUT2D eigenvalue weighted by atomic mass is 16.2. The van der Waals surface area contributed by atoms with Crippen LogP contribution in [0.2, 0.25) is 0 Å². The number of piperazine rings is 1. The van der Waals surface area contributed by atoms with E-state index in [4.69, 9.17) is 0 Å². The molecule has 4 rings (SSSR count). The molecule has 2 heterocycles. The number of carbonyl (C=O) groups is 1. The van der Waals surface area contributed by atoms with Gasteiger partial charge in [-0.1, -0.05) is 30.3 Å². The molecule has 4 heteroatoms. The van der Waals surface area contributed by atoms with Crippen molar-refractivity contribution in [3.8, 4) is 0 Å². The first kappa shape index (κ1) is 16.9. The number of aryl methyl sites for hydroxylation is 1. The van der Waals surface area contributed by atoms with Crippen LogP contribution in [0.5, 0.6) is 0 Å². The van der Waals surface area contributed by atoms with Crippen molar-refractivity contribution in [3.63, 3.8) is 0 Å². The lowest BCUT2D eigenvalue weighted by molar-refractivity contribution is 0.0638. The first-order valence-corrected chi connectivity index (χ1v) is 9.31. The Bertz CT molecular complexity index is 892. The third kappa shape index (κ3) is 3.51. The predicted octanol–water partition coefficient (Wildman–Crippen LogP) is 3.18. The van der Waals surface area contributed by atoms with Crippen molar-refractivity contribution in [1.82, 2.24) is 14.4 Å². The summed E-state index contributed by atoms with van der Waals surface area (Å²) in [5.41, 5.74) is 3.33. The van der Waals surface area contributed by atoms with Gasteiger partial charge in [0, 0.05) is 62.4 Å². The molecule has 0 bridgehead atoms. The third-order valence-corrected chi connectivity index (χ3v) is 5.35. The molecule has 0 atom stereocenters. The minimum absolute atomic E-state index is 0.151. The average Bonchev–Trinajstić information content (AvgIpc) is 3.07. The summed E-state index contributed by atoms with van der Waals surface area (Å²) < 4.78 is 2.08. The summed E-state index contributed by atoms with van der Waals surface area (Å²) in [7, 11) is 2.03. The summed E-state index contributed by atoms with van der Waals surface area (Å²) in [6.07, 6.45) is 3.10. The summed E-state index contributed by atoms with van der Waals surface area (Å²) >= 11 is 0. The Morgan fingerprint density at radius 1 is 0.962 bits per heavy atom. The molecule has 2 aromatic carbocycles. The molecule has 0 N–H and O–H groups in total. The second kappa shape index (κ2) is 7.34. The van der Waals surface area contributed by atoms with E-state index in [1.807, 2.05) is 36.3 Å². The zero-order chi connectivity index (χ0) is 17.9.